The van der Waals surface area contributed by atoms with Gasteiger partial charge in [-0.1, -0.05) is 68.3 Å². The number of benzene rings is 1. The molecule has 158 valence electrons. The molecule has 0 aliphatic heterocycles. The van der Waals surface area contributed by atoms with Crippen LogP contribution < -0.4 is 0 Å². The molecule has 2 rings (SSSR count). The quantitative estimate of drug-likeness (QED) is 0.395. The van der Waals surface area contributed by atoms with Crippen molar-refractivity contribution in [1.29, 1.82) is 0 Å². The lowest BCUT2D eigenvalue weighted by molar-refractivity contribution is 0.509. The number of hydrogen-bond acceptors (Lipinski definition) is 1. The van der Waals surface area contributed by atoms with Crippen LogP contribution in [0.1, 0.15) is 18.1 Å². The lowest BCUT2D eigenvalue weighted by atomic mass is 10.0. The molecule has 0 aliphatic rings. The number of aromatic nitrogens is 1. The van der Waals surface area contributed by atoms with E-state index < -0.39 is 17.5 Å². The Kier molecular flexibility index (Phi) is 7.92. The summed E-state index contributed by atoms with van der Waals surface area (Å²) in [6.07, 6.45) is 8.93. The minimum atomic E-state index is -0.974. The van der Waals surface area contributed by atoms with E-state index in [1.165, 1.54) is 30.4 Å². The van der Waals surface area contributed by atoms with Crippen LogP contribution in [0.25, 0.3) is 17.3 Å². The Morgan fingerprint density at radius 3 is 2.26 bits per heavy atom. The number of allylic oxidation sites excluding steroid dienone is 9. The van der Waals surface area contributed by atoms with Crippen LogP contribution in [-0.4, -0.2) is 4.98 Å². The molecule has 0 aliphatic carbocycles. The summed E-state index contributed by atoms with van der Waals surface area (Å²) in [6.45, 7) is 18.4. The van der Waals surface area contributed by atoms with Gasteiger partial charge in [-0.25, -0.2) is 13.2 Å². The predicted octanol–water partition coefficient (Wildman–Crippen LogP) is 8.00. The van der Waals surface area contributed by atoms with Crippen LogP contribution >= 0.6 is 0 Å². The van der Waals surface area contributed by atoms with Gasteiger partial charge in [0.15, 0.2) is 11.6 Å². The van der Waals surface area contributed by atoms with E-state index in [0.29, 0.717) is 22.4 Å². The zero-order valence-corrected chi connectivity index (χ0v) is 17.7. The van der Waals surface area contributed by atoms with Gasteiger partial charge in [0.05, 0.1) is 5.69 Å². The monoisotopic (exact) mass is 419 g/mol. The lowest BCUT2D eigenvalue weighted by Crippen LogP contribution is -1.95. The van der Waals surface area contributed by atoms with Gasteiger partial charge in [0.2, 0.25) is 0 Å². The van der Waals surface area contributed by atoms with Crippen LogP contribution in [-0.2, 0) is 0 Å². The Bertz CT molecular complexity index is 1130. The van der Waals surface area contributed by atoms with Crippen molar-refractivity contribution in [2.75, 3.05) is 0 Å². The lowest BCUT2D eigenvalue weighted by Gasteiger charge is -2.06. The first kappa shape index (κ1) is 23.6. The summed E-state index contributed by atoms with van der Waals surface area (Å²) in [5.41, 5.74) is 2.98. The van der Waals surface area contributed by atoms with Gasteiger partial charge in [0, 0.05) is 22.9 Å². The molecule has 1 aromatic carbocycles. The maximum Gasteiger partial charge on any atom is 0.168 e. The summed E-state index contributed by atoms with van der Waals surface area (Å²) in [4.78, 5) is 4.14. The van der Waals surface area contributed by atoms with Gasteiger partial charge in [-0.2, -0.15) is 0 Å². The molecule has 0 N–H and O–H groups in total. The van der Waals surface area contributed by atoms with Gasteiger partial charge >= 0.3 is 0 Å². The van der Waals surface area contributed by atoms with Gasteiger partial charge < -0.3 is 0 Å². The zero-order valence-electron chi connectivity index (χ0n) is 17.7. The normalized spacial score (nSPS) is 11.8. The van der Waals surface area contributed by atoms with E-state index in [1.807, 2.05) is 6.92 Å². The summed E-state index contributed by atoms with van der Waals surface area (Å²) in [5, 5.41) is 0. The van der Waals surface area contributed by atoms with Crippen LogP contribution in [0.2, 0.25) is 0 Å². The molecule has 0 atom stereocenters. The van der Waals surface area contributed by atoms with Crippen LogP contribution in [0.15, 0.2) is 109 Å². The number of aryl methyl sites for hydroxylation is 1. The highest BCUT2D eigenvalue weighted by atomic mass is 19.2. The Morgan fingerprint density at radius 2 is 1.65 bits per heavy atom. The molecule has 0 unspecified atom stereocenters. The number of pyridine rings is 1. The Balaban J connectivity index is 2.13. The number of hydrogen-bond donors (Lipinski definition) is 0. The van der Waals surface area contributed by atoms with Gasteiger partial charge in [0.25, 0.3) is 0 Å². The van der Waals surface area contributed by atoms with Crippen molar-refractivity contribution < 1.29 is 13.2 Å². The molecule has 0 radical (unpaired) electrons. The van der Waals surface area contributed by atoms with Gasteiger partial charge in [-0.3, -0.25) is 4.98 Å². The summed E-state index contributed by atoms with van der Waals surface area (Å²) in [7, 11) is 0. The second-order valence-corrected chi connectivity index (χ2v) is 7.14. The average Bonchev–Trinajstić information content (AvgIpc) is 2.72. The largest absolute Gasteiger partial charge is 0.256 e. The van der Waals surface area contributed by atoms with E-state index in [9.17, 15) is 13.2 Å². The standard InChI is InChI=1S/C27H24F3N/c1-17(2)15-24(28)21(6)20(5)10-7-18(3)8-11-22-12-13-23(27(30)26(22)29)25-14-9-19(4)16-31-25/h7-16H,1,3,5-6H2,2,4H3/b10-7-,11-8+,24-15+. The van der Waals surface area contributed by atoms with Crippen molar-refractivity contribution in [3.8, 4) is 11.3 Å². The maximum absolute atomic E-state index is 14.5. The number of rotatable bonds is 8. The van der Waals surface area contributed by atoms with E-state index in [1.54, 1.807) is 37.4 Å². The SMILES string of the molecule is C=C(C)/C=C(/F)C(=C)C(=C)/C=C\C(=C)/C=C/c1ccc(-c2ccc(C)cn2)c(F)c1F. The molecule has 0 amide bonds. The molecule has 2 aromatic rings. The van der Waals surface area contributed by atoms with E-state index in [2.05, 4.69) is 31.3 Å². The van der Waals surface area contributed by atoms with Gasteiger partial charge in [-0.15, -0.1) is 0 Å². The zero-order chi connectivity index (χ0) is 23.1. The van der Waals surface area contributed by atoms with Crippen molar-refractivity contribution in [2.45, 2.75) is 13.8 Å². The molecule has 31 heavy (non-hydrogen) atoms. The smallest absolute Gasteiger partial charge is 0.168 e. The third kappa shape index (κ3) is 6.41. The Morgan fingerprint density at radius 1 is 0.935 bits per heavy atom. The fourth-order valence-electron chi connectivity index (χ4n) is 2.54. The van der Waals surface area contributed by atoms with Gasteiger partial charge in [0.1, 0.15) is 5.83 Å². The molecular weight excluding hydrogens is 395 g/mol. The highest BCUT2D eigenvalue weighted by Gasteiger charge is 2.14. The highest BCUT2D eigenvalue weighted by Crippen LogP contribution is 2.26. The van der Waals surface area contributed by atoms with Crippen LogP contribution in [0.3, 0.4) is 0 Å². The van der Waals surface area contributed by atoms with Crippen LogP contribution in [0.5, 0.6) is 0 Å². The Labute approximate surface area is 181 Å². The van der Waals surface area contributed by atoms with E-state index >= 15 is 0 Å². The third-order valence-electron chi connectivity index (χ3n) is 4.32. The second-order valence-electron chi connectivity index (χ2n) is 7.14. The average molecular weight is 419 g/mol. The van der Waals surface area contributed by atoms with Crippen LogP contribution in [0.4, 0.5) is 13.2 Å². The second kappa shape index (κ2) is 10.4. The third-order valence-corrected chi connectivity index (χ3v) is 4.32. The molecule has 4 heteroatoms. The minimum absolute atomic E-state index is 0.0709. The summed E-state index contributed by atoms with van der Waals surface area (Å²) in [5.74, 6) is -2.47. The van der Waals surface area contributed by atoms with Crippen molar-refractivity contribution in [3.63, 3.8) is 0 Å². The molecule has 0 spiro atoms. The first-order valence-electron chi connectivity index (χ1n) is 9.47. The molecule has 1 nitrogen and oxygen atoms in total. The molecule has 0 saturated carbocycles. The van der Waals surface area contributed by atoms with E-state index in [0.717, 1.165) is 5.56 Å². The summed E-state index contributed by atoms with van der Waals surface area (Å²) in [6, 6.07) is 6.38. The van der Waals surface area contributed by atoms with Crippen molar-refractivity contribution in [2.24, 2.45) is 0 Å². The molecule has 0 fully saturated rings. The highest BCUT2D eigenvalue weighted by molar-refractivity contribution is 5.65. The number of nitrogens with zero attached hydrogens (tertiary/aromatic N) is 1. The van der Waals surface area contributed by atoms with Crippen molar-refractivity contribution >= 4 is 6.08 Å². The predicted molar refractivity (Wildman–Crippen MR) is 124 cm³/mol. The molecule has 0 bridgehead atoms. The molecular formula is C27H24F3N. The summed E-state index contributed by atoms with van der Waals surface area (Å²) >= 11 is 0. The first-order chi connectivity index (χ1) is 14.6. The summed E-state index contributed by atoms with van der Waals surface area (Å²) < 4.78 is 43.0. The van der Waals surface area contributed by atoms with Gasteiger partial charge in [-0.05, 0) is 48.8 Å². The fraction of sp³-hybridized carbons (Fsp3) is 0.0741. The van der Waals surface area contributed by atoms with Crippen molar-refractivity contribution in [1.82, 2.24) is 4.98 Å². The number of halogens is 3. The molecule has 1 heterocycles. The maximum atomic E-state index is 14.5. The fourth-order valence-corrected chi connectivity index (χ4v) is 2.54. The molecule has 0 saturated heterocycles. The van der Waals surface area contributed by atoms with E-state index in [4.69, 9.17) is 0 Å². The topological polar surface area (TPSA) is 12.9 Å². The van der Waals surface area contributed by atoms with Crippen LogP contribution in [0, 0.1) is 18.6 Å². The van der Waals surface area contributed by atoms with E-state index in [-0.39, 0.29) is 16.7 Å². The first-order valence-corrected chi connectivity index (χ1v) is 9.47. The Hall–Kier alpha value is -3.66. The molecule has 1 aromatic heterocycles. The minimum Gasteiger partial charge on any atom is -0.256 e. The van der Waals surface area contributed by atoms with Crippen molar-refractivity contribution in [3.05, 3.63) is 132 Å².